The SMILES string of the molecule is Cc1ccc(-c2noc(CCCN3CCC[C@H]3CO)n2)cc1F. The lowest BCUT2D eigenvalue weighted by Crippen LogP contribution is -2.33. The molecule has 0 saturated carbocycles. The fourth-order valence-electron chi connectivity index (χ4n) is 3.04. The standard InChI is InChI=1S/C17H22FN3O2/c1-12-6-7-13(10-15(12)18)17-19-16(23-20-17)5-3-9-21-8-2-4-14(21)11-22/h6-7,10,14,22H,2-5,8-9,11H2,1H3/t14-/m0/s1. The minimum atomic E-state index is -0.266. The molecule has 1 atom stereocenters. The van der Waals surface area contributed by atoms with Crippen LogP contribution < -0.4 is 0 Å². The Morgan fingerprint density at radius 3 is 3.09 bits per heavy atom. The van der Waals surface area contributed by atoms with Crippen LogP contribution in [0.5, 0.6) is 0 Å². The second kappa shape index (κ2) is 7.19. The lowest BCUT2D eigenvalue weighted by Gasteiger charge is -2.21. The van der Waals surface area contributed by atoms with E-state index in [4.69, 9.17) is 4.52 Å². The van der Waals surface area contributed by atoms with E-state index in [2.05, 4.69) is 15.0 Å². The molecule has 1 aromatic carbocycles. The zero-order valence-electron chi connectivity index (χ0n) is 13.3. The van der Waals surface area contributed by atoms with Crippen LogP contribution in [-0.4, -0.2) is 45.9 Å². The van der Waals surface area contributed by atoms with Gasteiger partial charge in [-0.15, -0.1) is 0 Å². The van der Waals surface area contributed by atoms with Crippen LogP contribution in [0.15, 0.2) is 22.7 Å². The maximum Gasteiger partial charge on any atom is 0.227 e. The summed E-state index contributed by atoms with van der Waals surface area (Å²) in [4.78, 5) is 6.65. The first-order valence-corrected chi connectivity index (χ1v) is 8.11. The zero-order chi connectivity index (χ0) is 16.2. The van der Waals surface area contributed by atoms with Crippen LogP contribution >= 0.6 is 0 Å². The number of aliphatic hydroxyl groups excluding tert-OH is 1. The minimum Gasteiger partial charge on any atom is -0.395 e. The molecular formula is C17H22FN3O2. The van der Waals surface area contributed by atoms with E-state index in [1.165, 1.54) is 6.07 Å². The van der Waals surface area contributed by atoms with Gasteiger partial charge in [-0.2, -0.15) is 4.98 Å². The van der Waals surface area contributed by atoms with E-state index in [-0.39, 0.29) is 12.4 Å². The Bertz CT molecular complexity index is 659. The molecule has 124 valence electrons. The molecule has 2 heterocycles. The van der Waals surface area contributed by atoms with Crippen LogP contribution in [0.3, 0.4) is 0 Å². The first-order chi connectivity index (χ1) is 11.2. The molecule has 0 aliphatic carbocycles. The Kier molecular flexibility index (Phi) is 5.03. The van der Waals surface area contributed by atoms with Crippen molar-refractivity contribution in [1.29, 1.82) is 0 Å². The normalized spacial score (nSPS) is 18.7. The average molecular weight is 319 g/mol. The predicted molar refractivity (Wildman–Crippen MR) is 84.4 cm³/mol. The molecule has 23 heavy (non-hydrogen) atoms. The molecule has 0 bridgehead atoms. The summed E-state index contributed by atoms with van der Waals surface area (Å²) in [6, 6.07) is 5.23. The summed E-state index contributed by atoms with van der Waals surface area (Å²) in [5, 5.41) is 13.2. The van der Waals surface area contributed by atoms with E-state index in [1.54, 1.807) is 19.1 Å². The summed E-state index contributed by atoms with van der Waals surface area (Å²) >= 11 is 0. The van der Waals surface area contributed by atoms with Crippen LogP contribution in [0.25, 0.3) is 11.4 Å². The van der Waals surface area contributed by atoms with Gasteiger partial charge in [0.1, 0.15) is 5.82 Å². The van der Waals surface area contributed by atoms with Crippen LogP contribution in [0.2, 0.25) is 0 Å². The predicted octanol–water partition coefficient (Wildman–Crippen LogP) is 2.57. The molecule has 1 aliphatic heterocycles. The molecule has 5 nitrogen and oxygen atoms in total. The van der Waals surface area contributed by atoms with Crippen molar-refractivity contribution in [2.75, 3.05) is 19.7 Å². The Hall–Kier alpha value is -1.79. The number of aryl methyl sites for hydroxylation is 2. The fourth-order valence-corrected chi connectivity index (χ4v) is 3.04. The van der Waals surface area contributed by atoms with E-state index in [1.807, 2.05) is 0 Å². The van der Waals surface area contributed by atoms with E-state index >= 15 is 0 Å². The third-order valence-electron chi connectivity index (χ3n) is 4.44. The number of benzene rings is 1. The molecule has 1 saturated heterocycles. The number of aromatic nitrogens is 2. The van der Waals surface area contributed by atoms with Gasteiger partial charge in [0.05, 0.1) is 6.61 Å². The summed E-state index contributed by atoms with van der Waals surface area (Å²) in [5.41, 5.74) is 1.23. The number of halogens is 1. The van der Waals surface area contributed by atoms with Crippen molar-refractivity contribution in [2.45, 2.75) is 38.6 Å². The summed E-state index contributed by atoms with van der Waals surface area (Å²) in [5.74, 6) is 0.729. The van der Waals surface area contributed by atoms with Gasteiger partial charge in [-0.3, -0.25) is 4.90 Å². The van der Waals surface area contributed by atoms with E-state index in [9.17, 15) is 9.50 Å². The first-order valence-electron chi connectivity index (χ1n) is 8.11. The molecule has 1 fully saturated rings. The van der Waals surface area contributed by atoms with Crippen molar-refractivity contribution in [1.82, 2.24) is 15.0 Å². The molecule has 1 aromatic heterocycles. The van der Waals surface area contributed by atoms with Gasteiger partial charge in [0.2, 0.25) is 11.7 Å². The number of rotatable bonds is 6. The van der Waals surface area contributed by atoms with Gasteiger partial charge in [0, 0.05) is 18.0 Å². The smallest absolute Gasteiger partial charge is 0.227 e. The van der Waals surface area contributed by atoms with Gasteiger partial charge >= 0.3 is 0 Å². The number of hydrogen-bond donors (Lipinski definition) is 1. The molecule has 0 amide bonds. The Morgan fingerprint density at radius 2 is 2.30 bits per heavy atom. The summed E-state index contributed by atoms with van der Waals surface area (Å²) in [6.07, 6.45) is 3.81. The van der Waals surface area contributed by atoms with Crippen LogP contribution in [0, 0.1) is 12.7 Å². The third kappa shape index (κ3) is 3.76. The molecule has 2 aromatic rings. The molecular weight excluding hydrogens is 297 g/mol. The second-order valence-electron chi connectivity index (χ2n) is 6.09. The van der Waals surface area contributed by atoms with Gasteiger partial charge in [-0.1, -0.05) is 17.3 Å². The van der Waals surface area contributed by atoms with Crippen LogP contribution in [0.1, 0.15) is 30.7 Å². The molecule has 0 unspecified atom stereocenters. The quantitative estimate of drug-likeness (QED) is 0.886. The van der Waals surface area contributed by atoms with Crippen molar-refractivity contribution in [3.8, 4) is 11.4 Å². The van der Waals surface area contributed by atoms with Gasteiger partial charge in [0.15, 0.2) is 0 Å². The monoisotopic (exact) mass is 319 g/mol. The minimum absolute atomic E-state index is 0.226. The van der Waals surface area contributed by atoms with Gasteiger partial charge in [-0.25, -0.2) is 4.39 Å². The summed E-state index contributed by atoms with van der Waals surface area (Å²) in [6.45, 7) is 3.91. The second-order valence-corrected chi connectivity index (χ2v) is 6.09. The summed E-state index contributed by atoms with van der Waals surface area (Å²) < 4.78 is 18.9. The number of likely N-dealkylation sites (tertiary alicyclic amines) is 1. The molecule has 3 rings (SSSR count). The fraction of sp³-hybridized carbons (Fsp3) is 0.529. The molecule has 0 radical (unpaired) electrons. The van der Waals surface area contributed by atoms with Crippen molar-refractivity contribution in [3.05, 3.63) is 35.5 Å². The number of hydrogen-bond acceptors (Lipinski definition) is 5. The van der Waals surface area contributed by atoms with Crippen LogP contribution in [0.4, 0.5) is 4.39 Å². The van der Waals surface area contributed by atoms with Crippen molar-refractivity contribution in [3.63, 3.8) is 0 Å². The van der Waals surface area contributed by atoms with Gasteiger partial charge < -0.3 is 9.63 Å². The Morgan fingerprint density at radius 1 is 1.43 bits per heavy atom. The highest BCUT2D eigenvalue weighted by Gasteiger charge is 2.23. The van der Waals surface area contributed by atoms with E-state index < -0.39 is 0 Å². The van der Waals surface area contributed by atoms with E-state index in [0.717, 1.165) is 32.4 Å². The lowest BCUT2D eigenvalue weighted by atomic mass is 10.1. The van der Waals surface area contributed by atoms with Gasteiger partial charge in [0.25, 0.3) is 0 Å². The number of nitrogens with zero attached hydrogens (tertiary/aromatic N) is 3. The highest BCUT2D eigenvalue weighted by molar-refractivity contribution is 5.54. The third-order valence-corrected chi connectivity index (χ3v) is 4.44. The lowest BCUT2D eigenvalue weighted by molar-refractivity contribution is 0.157. The van der Waals surface area contributed by atoms with Crippen molar-refractivity contribution < 1.29 is 14.0 Å². The Balaban J connectivity index is 1.56. The summed E-state index contributed by atoms with van der Waals surface area (Å²) in [7, 11) is 0. The first kappa shape index (κ1) is 16.1. The van der Waals surface area contributed by atoms with Crippen molar-refractivity contribution >= 4 is 0 Å². The van der Waals surface area contributed by atoms with Crippen molar-refractivity contribution in [2.24, 2.45) is 0 Å². The topological polar surface area (TPSA) is 62.4 Å². The zero-order valence-corrected chi connectivity index (χ0v) is 13.3. The average Bonchev–Trinajstić information content (AvgIpc) is 3.19. The molecule has 6 heteroatoms. The highest BCUT2D eigenvalue weighted by atomic mass is 19.1. The maximum atomic E-state index is 13.6. The molecule has 1 N–H and O–H groups in total. The van der Waals surface area contributed by atoms with E-state index in [0.29, 0.717) is 35.3 Å². The number of aliphatic hydroxyl groups is 1. The highest BCUT2D eigenvalue weighted by Crippen LogP contribution is 2.20. The van der Waals surface area contributed by atoms with Gasteiger partial charge in [-0.05, 0) is 50.9 Å². The van der Waals surface area contributed by atoms with Crippen LogP contribution in [-0.2, 0) is 6.42 Å². The molecule has 0 spiro atoms. The Labute approximate surface area is 135 Å². The molecule has 1 aliphatic rings. The largest absolute Gasteiger partial charge is 0.395 e. The maximum absolute atomic E-state index is 13.6.